The van der Waals surface area contributed by atoms with Gasteiger partial charge in [-0.15, -0.1) is 0 Å². The molecule has 0 aliphatic heterocycles. The van der Waals surface area contributed by atoms with Crippen LogP contribution in [0.1, 0.15) is 0 Å². The number of aliphatic hydroxyl groups excluding tert-OH is 6. The van der Waals surface area contributed by atoms with Gasteiger partial charge in [0, 0.05) is 39.3 Å². The van der Waals surface area contributed by atoms with E-state index in [2.05, 4.69) is 16.0 Å². The first-order valence-electron chi connectivity index (χ1n) is 7.80. The second-order valence-electron chi connectivity index (χ2n) is 4.10. The topological polar surface area (TPSA) is 267 Å². The highest BCUT2D eigenvalue weighted by atomic mass is 31.2. The van der Waals surface area contributed by atoms with Gasteiger partial charge in [0.05, 0.1) is 39.6 Å². The van der Waals surface area contributed by atoms with E-state index in [1.165, 1.54) is 0 Å². The number of hydrogen-bond acceptors (Lipinski definition) is 10. The third kappa shape index (κ3) is 105. The van der Waals surface area contributed by atoms with Gasteiger partial charge in [-0.2, -0.15) is 0 Å². The van der Waals surface area contributed by atoms with Crippen LogP contribution in [0, 0.1) is 0 Å². The minimum atomic E-state index is -4.64. The van der Waals surface area contributed by atoms with Crippen LogP contribution in [0.5, 0.6) is 0 Å². The van der Waals surface area contributed by atoms with Crippen LogP contribution in [0.2, 0.25) is 0 Å². The van der Waals surface area contributed by atoms with Gasteiger partial charge < -0.3 is 66.7 Å². The van der Waals surface area contributed by atoms with Crippen LogP contribution in [-0.2, 0) is 4.57 Å². The van der Waals surface area contributed by atoms with Crippen molar-refractivity contribution in [3.05, 3.63) is 0 Å². The van der Waals surface area contributed by atoms with E-state index < -0.39 is 7.82 Å². The van der Waals surface area contributed by atoms with Crippen molar-refractivity contribution in [1.82, 2.24) is 16.0 Å². The molecule has 0 amide bonds. The Kier molecular flexibility index (Phi) is 50.8. The highest BCUT2D eigenvalue weighted by molar-refractivity contribution is 7.45. The Morgan fingerprint density at radius 1 is 0.481 bits per heavy atom. The summed E-state index contributed by atoms with van der Waals surface area (Å²) in [7, 11) is -4.64. The van der Waals surface area contributed by atoms with Gasteiger partial charge in [-0.25, -0.2) is 4.57 Å². The van der Waals surface area contributed by atoms with Crippen molar-refractivity contribution in [1.29, 1.82) is 0 Å². The minimum Gasteiger partial charge on any atom is -0.412 e. The number of aliphatic hydroxyl groups is 6. The van der Waals surface area contributed by atoms with Crippen LogP contribution >= 0.6 is 7.82 Å². The van der Waals surface area contributed by atoms with Gasteiger partial charge in [0.2, 0.25) is 0 Å². The number of nitrogens with one attached hydrogen (secondary N) is 3. The smallest absolute Gasteiger partial charge is 0.412 e. The van der Waals surface area contributed by atoms with E-state index in [1.54, 1.807) is 0 Å². The van der Waals surface area contributed by atoms with Crippen molar-refractivity contribution in [3.8, 4) is 0 Å². The molecule has 15 heteroatoms. The van der Waals surface area contributed by atoms with Crippen LogP contribution in [0.25, 0.3) is 0 Å². The Balaban J connectivity index is -0.0000000793. The largest absolute Gasteiger partial charge is 0.466 e. The molecular formula is C12H38N3O11P. The van der Waals surface area contributed by atoms with Crippen LogP contribution in [0.3, 0.4) is 0 Å². The molecule has 0 atom stereocenters. The Morgan fingerprint density at radius 2 is 0.593 bits per heavy atom. The lowest BCUT2D eigenvalue weighted by Crippen LogP contribution is -2.21. The molecule has 0 saturated carbocycles. The predicted octanol–water partition coefficient (Wildman–Crippen LogP) is -6.07. The fraction of sp³-hybridized carbons (Fsp3) is 1.00. The summed E-state index contributed by atoms with van der Waals surface area (Å²) < 4.78 is 8.88. The zero-order valence-corrected chi connectivity index (χ0v) is 16.3. The summed E-state index contributed by atoms with van der Waals surface area (Å²) in [5.41, 5.74) is 0. The third-order valence-corrected chi connectivity index (χ3v) is 1.73. The lowest BCUT2D eigenvalue weighted by Gasteiger charge is -1.94. The number of rotatable bonds is 12. The molecule has 0 aromatic heterocycles. The monoisotopic (exact) mass is 431 g/mol. The normalized spacial score (nSPS) is 9.52. The fourth-order valence-corrected chi connectivity index (χ4v) is 0.849. The van der Waals surface area contributed by atoms with E-state index in [0.717, 1.165) is 0 Å². The quantitative estimate of drug-likeness (QED) is 0.101. The number of hydrogen-bond donors (Lipinski definition) is 12. The summed E-state index contributed by atoms with van der Waals surface area (Å²) in [6.45, 7) is 4.25. The molecule has 172 valence electrons. The summed E-state index contributed by atoms with van der Waals surface area (Å²) in [6, 6.07) is 0. The molecular weight excluding hydrogens is 393 g/mol. The second kappa shape index (κ2) is 36.6. The maximum Gasteiger partial charge on any atom is 0.466 e. The molecule has 0 aliphatic carbocycles. The molecule has 0 fully saturated rings. The zero-order chi connectivity index (χ0) is 21.1. The van der Waals surface area contributed by atoms with Crippen molar-refractivity contribution in [2.24, 2.45) is 0 Å². The molecule has 27 heavy (non-hydrogen) atoms. The van der Waals surface area contributed by atoms with Crippen molar-refractivity contribution < 1.29 is 55.4 Å². The molecule has 14 N–H and O–H groups in total. The van der Waals surface area contributed by atoms with Gasteiger partial charge in [-0.3, -0.25) is 0 Å². The molecule has 0 radical (unpaired) electrons. The first kappa shape index (κ1) is 37.5. The van der Waals surface area contributed by atoms with E-state index >= 15 is 0 Å². The minimum absolute atomic E-state index is 0. The second-order valence-corrected chi connectivity index (χ2v) is 5.13. The molecule has 0 heterocycles. The van der Waals surface area contributed by atoms with E-state index in [1.807, 2.05) is 0 Å². The van der Waals surface area contributed by atoms with E-state index in [9.17, 15) is 0 Å². The van der Waals surface area contributed by atoms with Crippen molar-refractivity contribution in [3.63, 3.8) is 0 Å². The molecule has 0 rings (SSSR count). The molecule has 0 saturated heterocycles. The van der Waals surface area contributed by atoms with Crippen molar-refractivity contribution >= 4 is 7.82 Å². The summed E-state index contributed by atoms with van der Waals surface area (Å²) in [5, 5.41) is 57.2. The molecule has 14 nitrogen and oxygen atoms in total. The summed E-state index contributed by atoms with van der Waals surface area (Å²) in [4.78, 5) is 21.6. The Hall–Kier alpha value is -0.290. The van der Waals surface area contributed by atoms with Gasteiger partial charge in [0.25, 0.3) is 0 Å². The first-order valence-corrected chi connectivity index (χ1v) is 9.37. The molecule has 0 aliphatic rings. The Labute approximate surface area is 159 Å². The van der Waals surface area contributed by atoms with Gasteiger partial charge in [-0.05, 0) is 0 Å². The van der Waals surface area contributed by atoms with E-state index in [0.29, 0.717) is 39.3 Å². The average molecular weight is 431 g/mol. The molecule has 0 aromatic rings. The average Bonchev–Trinajstić information content (AvgIpc) is 2.56. The molecule has 0 aromatic carbocycles. The van der Waals surface area contributed by atoms with Crippen LogP contribution < -0.4 is 16.0 Å². The van der Waals surface area contributed by atoms with Crippen LogP contribution in [-0.4, -0.2) is 130 Å². The van der Waals surface area contributed by atoms with Crippen LogP contribution in [0.4, 0.5) is 0 Å². The van der Waals surface area contributed by atoms with Gasteiger partial charge >= 0.3 is 7.82 Å². The Bertz CT molecular complexity index is 219. The van der Waals surface area contributed by atoms with E-state index in [4.69, 9.17) is 49.9 Å². The summed E-state index contributed by atoms with van der Waals surface area (Å²) in [5.74, 6) is 0. The van der Waals surface area contributed by atoms with Crippen LogP contribution in [0.15, 0.2) is 0 Å². The Morgan fingerprint density at radius 3 is 0.667 bits per heavy atom. The third-order valence-electron chi connectivity index (χ3n) is 1.73. The molecule has 0 bridgehead atoms. The lowest BCUT2D eigenvalue weighted by molar-refractivity contribution is 0.266. The van der Waals surface area contributed by atoms with Crippen molar-refractivity contribution in [2.45, 2.75) is 0 Å². The fourth-order valence-electron chi connectivity index (χ4n) is 0.849. The SMILES string of the molecule is O.O=P(O)(O)O.OCCNCCO.OCCNCCO.OCCNCCO. The van der Waals surface area contributed by atoms with Gasteiger partial charge in [-0.1, -0.05) is 0 Å². The summed E-state index contributed by atoms with van der Waals surface area (Å²) in [6.07, 6.45) is 0. The maximum absolute atomic E-state index is 8.88. The maximum atomic E-state index is 8.88. The standard InChI is InChI=1S/3C4H11NO2.H3O4P.H2O/c3*6-3-1-5-2-4-7;1-5(2,3)4;/h3*5-7H,1-4H2;(H3,1,2,3,4);1H2. The van der Waals surface area contributed by atoms with Gasteiger partial charge in [0.15, 0.2) is 0 Å². The van der Waals surface area contributed by atoms with E-state index in [-0.39, 0.29) is 45.1 Å². The highest BCUT2D eigenvalue weighted by Crippen LogP contribution is 2.25. The zero-order valence-electron chi connectivity index (χ0n) is 15.4. The van der Waals surface area contributed by atoms with Crippen molar-refractivity contribution in [2.75, 3.05) is 78.9 Å². The number of phosphoric acid groups is 1. The van der Waals surface area contributed by atoms with Gasteiger partial charge in [0.1, 0.15) is 0 Å². The predicted molar refractivity (Wildman–Crippen MR) is 99.0 cm³/mol. The molecule has 0 spiro atoms. The highest BCUT2D eigenvalue weighted by Gasteiger charge is 2.00. The lowest BCUT2D eigenvalue weighted by atomic mass is 10.6. The summed E-state index contributed by atoms with van der Waals surface area (Å²) >= 11 is 0. The molecule has 0 unspecified atom stereocenters. The first-order chi connectivity index (χ1) is 12.2.